The average molecular weight is 303 g/mol. The van der Waals surface area contributed by atoms with E-state index in [0.29, 0.717) is 13.2 Å². The molecule has 5 nitrogen and oxygen atoms in total. The van der Waals surface area contributed by atoms with Crippen molar-refractivity contribution in [3.8, 4) is 0 Å². The summed E-state index contributed by atoms with van der Waals surface area (Å²) in [7, 11) is 0. The Labute approximate surface area is 119 Å². The van der Waals surface area contributed by atoms with E-state index in [2.05, 4.69) is 5.32 Å². The Hall–Kier alpha value is -1.80. The number of ether oxygens (including phenoxy) is 1. The highest BCUT2D eigenvalue weighted by atomic mass is 19.4. The van der Waals surface area contributed by atoms with Crippen LogP contribution in [0.25, 0.3) is 0 Å². The fourth-order valence-electron chi connectivity index (χ4n) is 2.17. The molecular weight excluding hydrogens is 287 g/mol. The third kappa shape index (κ3) is 3.85. The van der Waals surface area contributed by atoms with Crippen LogP contribution in [0.2, 0.25) is 0 Å². The Morgan fingerprint density at radius 3 is 2.71 bits per heavy atom. The van der Waals surface area contributed by atoms with Crippen molar-refractivity contribution in [1.29, 1.82) is 0 Å². The van der Waals surface area contributed by atoms with Crippen LogP contribution < -0.4 is 16.6 Å². The zero-order valence-electron chi connectivity index (χ0n) is 11.2. The number of nitrogens with two attached hydrogens (primary N) is 1. The Kier molecular flexibility index (Phi) is 4.69. The molecule has 4 N–H and O–H groups in total. The summed E-state index contributed by atoms with van der Waals surface area (Å²) in [5.41, 5.74) is 0.663. The molecule has 116 valence electrons. The van der Waals surface area contributed by atoms with Gasteiger partial charge in [-0.15, -0.1) is 0 Å². The zero-order chi connectivity index (χ0) is 15.5. The predicted octanol–water partition coefficient (Wildman–Crippen LogP) is 1.90. The summed E-state index contributed by atoms with van der Waals surface area (Å²) in [5.74, 6) is 4.50. The number of carbonyl (C=O) groups excluding carboxylic acids is 1. The van der Waals surface area contributed by atoms with Gasteiger partial charge in [-0.25, -0.2) is 0 Å². The van der Waals surface area contributed by atoms with Crippen LogP contribution in [-0.4, -0.2) is 25.2 Å². The molecule has 0 saturated carbocycles. The molecule has 1 saturated heterocycles. The number of halogens is 3. The average Bonchev–Trinajstić information content (AvgIpc) is 2.46. The molecule has 2 rings (SSSR count). The summed E-state index contributed by atoms with van der Waals surface area (Å²) in [4.78, 5) is 12.0. The van der Waals surface area contributed by atoms with Crippen LogP contribution in [-0.2, 0) is 10.9 Å². The summed E-state index contributed by atoms with van der Waals surface area (Å²) in [6, 6.07) is 3.04. The van der Waals surface area contributed by atoms with Crippen LogP contribution in [0.3, 0.4) is 0 Å². The number of alkyl halides is 3. The van der Waals surface area contributed by atoms with Crippen molar-refractivity contribution in [3.05, 3.63) is 29.3 Å². The first-order valence-corrected chi connectivity index (χ1v) is 6.48. The highest BCUT2D eigenvalue weighted by Gasteiger charge is 2.34. The minimum Gasteiger partial charge on any atom is -0.379 e. The topological polar surface area (TPSA) is 76.4 Å². The summed E-state index contributed by atoms with van der Waals surface area (Å²) >= 11 is 0. The fraction of sp³-hybridized carbons (Fsp3) is 0.462. The maximum Gasteiger partial charge on any atom is 0.418 e. The maximum atomic E-state index is 12.9. The Morgan fingerprint density at radius 1 is 1.38 bits per heavy atom. The summed E-state index contributed by atoms with van der Waals surface area (Å²) in [6.45, 7) is 1.02. The van der Waals surface area contributed by atoms with E-state index in [1.54, 1.807) is 0 Å². The molecule has 1 aromatic rings. The van der Waals surface area contributed by atoms with E-state index in [0.717, 1.165) is 25.0 Å². The summed E-state index contributed by atoms with van der Waals surface area (Å²) < 4.78 is 43.9. The lowest BCUT2D eigenvalue weighted by Gasteiger charge is -2.23. The van der Waals surface area contributed by atoms with Gasteiger partial charge < -0.3 is 15.5 Å². The molecule has 1 atom stereocenters. The molecule has 0 spiro atoms. The number of carbonyl (C=O) groups is 1. The van der Waals surface area contributed by atoms with Gasteiger partial charge in [0.2, 0.25) is 0 Å². The first-order valence-electron chi connectivity index (χ1n) is 6.48. The molecule has 21 heavy (non-hydrogen) atoms. The molecule has 1 unspecified atom stereocenters. The van der Waals surface area contributed by atoms with Gasteiger partial charge in [0.05, 0.1) is 23.9 Å². The minimum absolute atomic E-state index is 0.0631. The highest BCUT2D eigenvalue weighted by molar-refractivity contribution is 5.95. The van der Waals surface area contributed by atoms with Crippen molar-refractivity contribution in [2.45, 2.75) is 25.1 Å². The molecule has 1 aromatic carbocycles. The van der Waals surface area contributed by atoms with Crippen molar-refractivity contribution in [1.82, 2.24) is 5.32 Å². The lowest BCUT2D eigenvalue weighted by Crippen LogP contribution is -2.40. The minimum atomic E-state index is -4.59. The molecule has 8 heteroatoms. The lowest BCUT2D eigenvalue weighted by molar-refractivity contribution is -0.137. The van der Waals surface area contributed by atoms with Gasteiger partial charge in [0.15, 0.2) is 0 Å². The molecule has 1 amide bonds. The molecule has 0 radical (unpaired) electrons. The largest absolute Gasteiger partial charge is 0.418 e. The van der Waals surface area contributed by atoms with Crippen molar-refractivity contribution in [3.63, 3.8) is 0 Å². The lowest BCUT2D eigenvalue weighted by atomic mass is 10.1. The summed E-state index contributed by atoms with van der Waals surface area (Å²) in [6.07, 6.45) is -3.03. The van der Waals surface area contributed by atoms with E-state index in [1.807, 2.05) is 5.43 Å². The molecule has 1 aliphatic rings. The number of amides is 1. The highest BCUT2D eigenvalue weighted by Crippen LogP contribution is 2.35. The Morgan fingerprint density at radius 2 is 2.14 bits per heavy atom. The molecular formula is C13H16F3N3O2. The quantitative estimate of drug-likeness (QED) is 0.589. The van der Waals surface area contributed by atoms with E-state index in [9.17, 15) is 18.0 Å². The van der Waals surface area contributed by atoms with Crippen molar-refractivity contribution in [2.75, 3.05) is 18.6 Å². The first kappa shape index (κ1) is 15.6. The monoisotopic (exact) mass is 303 g/mol. The van der Waals surface area contributed by atoms with Crippen LogP contribution in [0.1, 0.15) is 28.8 Å². The third-order valence-electron chi connectivity index (χ3n) is 3.24. The van der Waals surface area contributed by atoms with Gasteiger partial charge in [-0.2, -0.15) is 13.2 Å². The van der Waals surface area contributed by atoms with Crippen LogP contribution in [0.4, 0.5) is 18.9 Å². The number of hydrogen-bond acceptors (Lipinski definition) is 4. The van der Waals surface area contributed by atoms with E-state index in [-0.39, 0.29) is 17.3 Å². The fourth-order valence-corrected chi connectivity index (χ4v) is 2.17. The van der Waals surface area contributed by atoms with Crippen molar-refractivity contribution >= 4 is 11.6 Å². The Balaban J connectivity index is 2.17. The van der Waals surface area contributed by atoms with E-state index in [4.69, 9.17) is 10.6 Å². The number of nitrogen functional groups attached to an aromatic ring is 1. The van der Waals surface area contributed by atoms with Crippen LogP contribution in [0, 0.1) is 0 Å². The van der Waals surface area contributed by atoms with Crippen LogP contribution >= 0.6 is 0 Å². The van der Waals surface area contributed by atoms with Crippen LogP contribution in [0.5, 0.6) is 0 Å². The third-order valence-corrected chi connectivity index (χ3v) is 3.24. The number of rotatable bonds is 3. The molecule has 0 aliphatic carbocycles. The van der Waals surface area contributed by atoms with Gasteiger partial charge in [-0.05, 0) is 31.0 Å². The number of hydrazine groups is 1. The van der Waals surface area contributed by atoms with Gasteiger partial charge in [-0.1, -0.05) is 0 Å². The van der Waals surface area contributed by atoms with Gasteiger partial charge in [-0.3, -0.25) is 10.6 Å². The molecule has 1 aliphatic heterocycles. The number of nitrogens with one attached hydrogen (secondary N) is 2. The normalized spacial score (nSPS) is 19.1. The SMILES string of the molecule is NNc1ccc(C(=O)NC2CCCOC2)cc1C(F)(F)F. The number of anilines is 1. The smallest absolute Gasteiger partial charge is 0.379 e. The van der Waals surface area contributed by atoms with E-state index >= 15 is 0 Å². The second-order valence-electron chi connectivity index (χ2n) is 4.79. The predicted molar refractivity (Wildman–Crippen MR) is 70.6 cm³/mol. The van der Waals surface area contributed by atoms with Crippen molar-refractivity contribution < 1.29 is 22.7 Å². The van der Waals surface area contributed by atoms with Gasteiger partial charge >= 0.3 is 6.18 Å². The zero-order valence-corrected chi connectivity index (χ0v) is 11.2. The van der Waals surface area contributed by atoms with E-state index in [1.165, 1.54) is 6.07 Å². The Bertz CT molecular complexity index is 514. The van der Waals surface area contributed by atoms with Crippen LogP contribution in [0.15, 0.2) is 18.2 Å². The number of hydrogen-bond donors (Lipinski definition) is 3. The molecule has 0 aromatic heterocycles. The second-order valence-corrected chi connectivity index (χ2v) is 4.79. The summed E-state index contributed by atoms with van der Waals surface area (Å²) in [5, 5.41) is 2.67. The molecule has 0 bridgehead atoms. The van der Waals surface area contributed by atoms with Gasteiger partial charge in [0.25, 0.3) is 5.91 Å². The van der Waals surface area contributed by atoms with Gasteiger partial charge in [0.1, 0.15) is 0 Å². The molecule has 1 fully saturated rings. The number of benzene rings is 1. The second kappa shape index (κ2) is 6.31. The first-order chi connectivity index (χ1) is 9.91. The standard InChI is InChI=1S/C13H16F3N3O2/c14-13(15,16)10-6-8(3-4-11(10)19-17)12(20)18-9-2-1-5-21-7-9/h3-4,6,9,19H,1-2,5,7,17H2,(H,18,20). The van der Waals surface area contributed by atoms with Gasteiger partial charge in [0, 0.05) is 12.2 Å². The van der Waals surface area contributed by atoms with Crippen molar-refractivity contribution in [2.24, 2.45) is 5.84 Å². The maximum absolute atomic E-state index is 12.9. The molecule has 1 heterocycles. The van der Waals surface area contributed by atoms with E-state index < -0.39 is 17.6 Å².